The van der Waals surface area contributed by atoms with E-state index >= 15 is 0 Å². The van der Waals surface area contributed by atoms with Crippen LogP contribution in [0.1, 0.15) is 27.2 Å². The van der Waals surface area contributed by atoms with Crippen LogP contribution in [0.4, 0.5) is 0 Å². The van der Waals surface area contributed by atoms with E-state index in [1.165, 1.54) is 0 Å². The lowest BCUT2D eigenvalue weighted by Gasteiger charge is -2.00. The van der Waals surface area contributed by atoms with E-state index in [0.717, 1.165) is 6.42 Å². The molecule has 0 N–H and O–H groups in total. The number of rotatable bonds is 1. The Kier molecular flexibility index (Phi) is 0.969. The second-order valence-electron chi connectivity index (χ2n) is 3.08. The van der Waals surface area contributed by atoms with Crippen LogP contribution in [-0.2, 0) is 4.79 Å². The molecular formula is C7H12O. The fourth-order valence-corrected chi connectivity index (χ4v) is 1.07. The summed E-state index contributed by atoms with van der Waals surface area (Å²) in [5.74, 6) is 0.991. The minimum atomic E-state index is 0.0694. The molecule has 0 spiro atoms. The van der Waals surface area contributed by atoms with Crippen molar-refractivity contribution in [2.75, 3.05) is 0 Å². The summed E-state index contributed by atoms with van der Waals surface area (Å²) in [4.78, 5) is 10.7. The molecule has 2 unspecified atom stereocenters. The summed E-state index contributed by atoms with van der Waals surface area (Å²) in [6, 6.07) is 0. The van der Waals surface area contributed by atoms with Crippen molar-refractivity contribution >= 4 is 5.78 Å². The highest BCUT2D eigenvalue weighted by molar-refractivity contribution is 5.85. The van der Waals surface area contributed by atoms with Crippen LogP contribution in [0.25, 0.3) is 0 Å². The van der Waals surface area contributed by atoms with Gasteiger partial charge in [0.2, 0.25) is 0 Å². The first kappa shape index (κ1) is 5.80. The predicted molar refractivity (Wildman–Crippen MR) is 32.6 cm³/mol. The van der Waals surface area contributed by atoms with E-state index in [1.54, 1.807) is 6.92 Å². The highest BCUT2D eigenvalue weighted by Crippen LogP contribution is 2.52. The van der Waals surface area contributed by atoms with Crippen LogP contribution in [0.2, 0.25) is 0 Å². The van der Waals surface area contributed by atoms with Crippen LogP contribution in [0.3, 0.4) is 0 Å². The van der Waals surface area contributed by atoms with Crippen LogP contribution in [0, 0.1) is 11.3 Å². The van der Waals surface area contributed by atoms with Gasteiger partial charge >= 0.3 is 0 Å². The highest BCUT2D eigenvalue weighted by atomic mass is 16.1. The molecular weight excluding hydrogens is 100 g/mol. The molecule has 0 aromatic heterocycles. The monoisotopic (exact) mass is 112 g/mol. The number of carbonyl (C=O) groups is 1. The molecule has 1 aliphatic carbocycles. The van der Waals surface area contributed by atoms with Gasteiger partial charge in [-0.05, 0) is 19.3 Å². The maximum Gasteiger partial charge on any atom is 0.135 e. The van der Waals surface area contributed by atoms with Crippen molar-refractivity contribution in [2.45, 2.75) is 27.2 Å². The summed E-state index contributed by atoms with van der Waals surface area (Å²) in [5, 5.41) is 0. The molecule has 0 amide bonds. The molecule has 0 aromatic carbocycles. The molecule has 0 radical (unpaired) electrons. The Balaban J connectivity index is 2.60. The molecule has 1 fully saturated rings. The summed E-state index contributed by atoms with van der Waals surface area (Å²) in [5.41, 5.74) is 0.0694. The molecule has 8 heavy (non-hydrogen) atoms. The first-order chi connectivity index (χ1) is 3.57. The number of hydrogen-bond acceptors (Lipinski definition) is 1. The van der Waals surface area contributed by atoms with Gasteiger partial charge in [-0.1, -0.05) is 13.8 Å². The summed E-state index contributed by atoms with van der Waals surface area (Å²) in [6.07, 6.45) is 1.10. The minimum Gasteiger partial charge on any atom is -0.299 e. The third kappa shape index (κ3) is 0.575. The Bertz CT molecular complexity index is 128. The molecule has 0 saturated heterocycles. The lowest BCUT2D eigenvalue weighted by molar-refractivity contribution is -0.121. The summed E-state index contributed by atoms with van der Waals surface area (Å²) in [6.45, 7) is 5.85. The first-order valence-corrected chi connectivity index (χ1v) is 3.08. The maximum absolute atomic E-state index is 10.7. The van der Waals surface area contributed by atoms with Gasteiger partial charge in [-0.15, -0.1) is 0 Å². The fourth-order valence-electron chi connectivity index (χ4n) is 1.07. The summed E-state index contributed by atoms with van der Waals surface area (Å²) < 4.78 is 0. The standard InChI is InChI=1S/C7H12O/c1-5-4-7(5,3)6(2)8/h5H,4H2,1-3H3. The SMILES string of the molecule is CC(=O)C1(C)CC1C. The molecule has 0 bridgehead atoms. The Morgan fingerprint density at radius 2 is 2.12 bits per heavy atom. The molecule has 1 nitrogen and oxygen atoms in total. The Labute approximate surface area is 50.1 Å². The molecule has 1 rings (SSSR count). The molecule has 0 aromatic rings. The van der Waals surface area contributed by atoms with Gasteiger partial charge in [-0.3, -0.25) is 4.79 Å². The van der Waals surface area contributed by atoms with E-state index < -0.39 is 0 Å². The fraction of sp³-hybridized carbons (Fsp3) is 0.857. The highest BCUT2D eigenvalue weighted by Gasteiger charge is 2.50. The number of Topliss-reactive ketones (excluding diaryl/α,β-unsaturated/α-hetero) is 1. The van der Waals surface area contributed by atoms with Crippen molar-refractivity contribution in [1.29, 1.82) is 0 Å². The number of ketones is 1. The van der Waals surface area contributed by atoms with Gasteiger partial charge < -0.3 is 0 Å². The molecule has 2 atom stereocenters. The number of hydrogen-bond donors (Lipinski definition) is 0. The zero-order valence-corrected chi connectivity index (χ0v) is 5.69. The third-order valence-electron chi connectivity index (χ3n) is 2.46. The Morgan fingerprint density at radius 1 is 1.75 bits per heavy atom. The van der Waals surface area contributed by atoms with Crippen LogP contribution < -0.4 is 0 Å². The van der Waals surface area contributed by atoms with Gasteiger partial charge in [0, 0.05) is 5.41 Å². The molecule has 0 heterocycles. The number of carbonyl (C=O) groups excluding carboxylic acids is 1. The van der Waals surface area contributed by atoms with Gasteiger partial charge in [-0.2, -0.15) is 0 Å². The van der Waals surface area contributed by atoms with Gasteiger partial charge in [0.1, 0.15) is 5.78 Å². The van der Waals surface area contributed by atoms with Crippen molar-refractivity contribution in [3.63, 3.8) is 0 Å². The molecule has 1 saturated carbocycles. The van der Waals surface area contributed by atoms with Crippen LogP contribution in [0.5, 0.6) is 0 Å². The second-order valence-corrected chi connectivity index (χ2v) is 3.08. The normalized spacial score (nSPS) is 44.1. The zero-order valence-electron chi connectivity index (χ0n) is 5.69. The minimum absolute atomic E-state index is 0.0694. The van der Waals surface area contributed by atoms with Crippen LogP contribution in [-0.4, -0.2) is 5.78 Å². The van der Waals surface area contributed by atoms with Gasteiger partial charge in [-0.25, -0.2) is 0 Å². The lowest BCUT2D eigenvalue weighted by Crippen LogP contribution is -2.08. The average molecular weight is 112 g/mol. The largest absolute Gasteiger partial charge is 0.299 e. The van der Waals surface area contributed by atoms with E-state index in [1.807, 2.05) is 6.92 Å². The molecule has 1 heteroatoms. The van der Waals surface area contributed by atoms with Gasteiger partial charge in [0.15, 0.2) is 0 Å². The Morgan fingerprint density at radius 3 is 2.12 bits per heavy atom. The average Bonchev–Trinajstić information content (AvgIpc) is 2.17. The summed E-state index contributed by atoms with van der Waals surface area (Å²) >= 11 is 0. The quantitative estimate of drug-likeness (QED) is 0.503. The molecule has 1 aliphatic rings. The molecule has 46 valence electrons. The van der Waals surface area contributed by atoms with Gasteiger partial charge in [0.05, 0.1) is 0 Å². The molecule has 0 aliphatic heterocycles. The van der Waals surface area contributed by atoms with E-state index in [9.17, 15) is 4.79 Å². The zero-order chi connectivity index (χ0) is 6.36. The van der Waals surface area contributed by atoms with Crippen LogP contribution >= 0.6 is 0 Å². The van der Waals surface area contributed by atoms with E-state index in [2.05, 4.69) is 6.92 Å². The van der Waals surface area contributed by atoms with Crippen LogP contribution in [0.15, 0.2) is 0 Å². The van der Waals surface area contributed by atoms with Gasteiger partial charge in [0.25, 0.3) is 0 Å². The van der Waals surface area contributed by atoms with Crippen molar-refractivity contribution in [1.82, 2.24) is 0 Å². The Hall–Kier alpha value is -0.330. The second kappa shape index (κ2) is 1.34. The van der Waals surface area contributed by atoms with E-state index in [0.29, 0.717) is 11.7 Å². The lowest BCUT2D eigenvalue weighted by atomic mass is 10.0. The van der Waals surface area contributed by atoms with E-state index in [-0.39, 0.29) is 5.41 Å². The summed E-state index contributed by atoms with van der Waals surface area (Å²) in [7, 11) is 0. The van der Waals surface area contributed by atoms with Crippen molar-refractivity contribution < 1.29 is 4.79 Å². The first-order valence-electron chi connectivity index (χ1n) is 3.08. The van der Waals surface area contributed by atoms with E-state index in [4.69, 9.17) is 0 Å². The maximum atomic E-state index is 10.7. The third-order valence-corrected chi connectivity index (χ3v) is 2.46. The van der Waals surface area contributed by atoms with Crippen molar-refractivity contribution in [2.24, 2.45) is 11.3 Å². The smallest absolute Gasteiger partial charge is 0.135 e. The van der Waals surface area contributed by atoms with Crippen molar-refractivity contribution in [3.05, 3.63) is 0 Å². The van der Waals surface area contributed by atoms with Crippen molar-refractivity contribution in [3.8, 4) is 0 Å². The predicted octanol–water partition coefficient (Wildman–Crippen LogP) is 1.62. The topological polar surface area (TPSA) is 17.1 Å².